The first-order valence-electron chi connectivity index (χ1n) is 6.85. The van der Waals surface area contributed by atoms with Crippen molar-refractivity contribution in [3.8, 4) is 5.75 Å². The molecule has 2 rings (SSSR count). The summed E-state index contributed by atoms with van der Waals surface area (Å²) >= 11 is 0. The van der Waals surface area contributed by atoms with Crippen molar-refractivity contribution in [3.05, 3.63) is 35.4 Å². The van der Waals surface area contributed by atoms with Crippen LogP contribution in [-0.4, -0.2) is 23.1 Å². The van der Waals surface area contributed by atoms with Gasteiger partial charge in [-0.2, -0.15) is 0 Å². The second-order valence-electron chi connectivity index (χ2n) is 6.36. The van der Waals surface area contributed by atoms with Crippen LogP contribution in [0.2, 0.25) is 0 Å². The molecule has 3 nitrogen and oxygen atoms in total. The minimum Gasteiger partial charge on any atom is -0.506 e. The van der Waals surface area contributed by atoms with Crippen LogP contribution in [0.5, 0.6) is 5.75 Å². The Bertz CT molecular complexity index is 486. The summed E-state index contributed by atoms with van der Waals surface area (Å²) in [7, 11) is 0. The molecule has 1 aromatic carbocycles. The van der Waals surface area contributed by atoms with Crippen LogP contribution in [0.15, 0.2) is 29.8 Å². The lowest BCUT2D eigenvalue weighted by Gasteiger charge is -2.32. The van der Waals surface area contributed by atoms with Gasteiger partial charge in [-0.3, -0.25) is 4.90 Å². The lowest BCUT2D eigenvalue weighted by Crippen LogP contribution is -2.30. The zero-order chi connectivity index (χ0) is 14.0. The molecule has 1 heterocycles. The molecule has 0 spiro atoms. The number of aromatic hydroxyl groups is 1. The van der Waals surface area contributed by atoms with E-state index in [0.29, 0.717) is 5.69 Å². The summed E-state index contributed by atoms with van der Waals surface area (Å²) in [5.74, 6) is 0.164. The Morgan fingerprint density at radius 3 is 2.58 bits per heavy atom. The number of nitrogens with two attached hydrogens (primary N) is 1. The average molecular weight is 260 g/mol. The number of benzene rings is 1. The van der Waals surface area contributed by atoms with Gasteiger partial charge in [-0.25, -0.2) is 0 Å². The van der Waals surface area contributed by atoms with Crippen LogP contribution in [0.3, 0.4) is 0 Å². The molecule has 3 heteroatoms. The standard InChI is InChI=1S/C16H24N2O/c1-16(2,3)13-6-8-18(9-7-13)11-12-4-5-15(19)14(17)10-12/h4-6,10,19H,7-9,11,17H2,1-3H3. The van der Waals surface area contributed by atoms with Crippen LogP contribution in [0, 0.1) is 5.41 Å². The van der Waals surface area contributed by atoms with Crippen molar-refractivity contribution in [2.45, 2.75) is 33.7 Å². The average Bonchev–Trinajstić information content (AvgIpc) is 2.33. The highest BCUT2D eigenvalue weighted by atomic mass is 16.3. The Labute approximate surface area is 115 Å². The number of rotatable bonds is 2. The number of nitrogen functional groups attached to an aromatic ring is 1. The molecular formula is C16H24N2O. The Hall–Kier alpha value is -1.48. The fourth-order valence-electron chi connectivity index (χ4n) is 2.50. The van der Waals surface area contributed by atoms with Crippen molar-refractivity contribution >= 4 is 5.69 Å². The van der Waals surface area contributed by atoms with Crippen LogP contribution < -0.4 is 5.73 Å². The van der Waals surface area contributed by atoms with Gasteiger partial charge in [0, 0.05) is 19.6 Å². The summed E-state index contributed by atoms with van der Waals surface area (Å²) in [4.78, 5) is 2.40. The third kappa shape index (κ3) is 3.51. The van der Waals surface area contributed by atoms with Crippen LogP contribution in [0.25, 0.3) is 0 Å². The second kappa shape index (κ2) is 5.25. The molecule has 0 unspecified atom stereocenters. The van der Waals surface area contributed by atoms with E-state index >= 15 is 0 Å². The van der Waals surface area contributed by atoms with Crippen LogP contribution in [0.1, 0.15) is 32.8 Å². The number of phenols is 1. The summed E-state index contributed by atoms with van der Waals surface area (Å²) in [5.41, 5.74) is 9.18. The number of hydrogen-bond donors (Lipinski definition) is 2. The number of nitrogens with zero attached hydrogens (tertiary/aromatic N) is 1. The molecule has 0 fully saturated rings. The Balaban J connectivity index is 1.99. The van der Waals surface area contributed by atoms with Gasteiger partial charge in [-0.1, -0.05) is 38.5 Å². The number of phenolic OH excluding ortho intramolecular Hbond substituents is 1. The maximum Gasteiger partial charge on any atom is 0.138 e. The maximum atomic E-state index is 9.43. The van der Waals surface area contributed by atoms with E-state index in [0.717, 1.165) is 31.6 Å². The van der Waals surface area contributed by atoms with Gasteiger partial charge in [0.1, 0.15) is 5.75 Å². The molecule has 19 heavy (non-hydrogen) atoms. The molecule has 3 N–H and O–H groups in total. The van der Waals surface area contributed by atoms with Gasteiger partial charge >= 0.3 is 0 Å². The molecule has 0 atom stereocenters. The summed E-state index contributed by atoms with van der Waals surface area (Å²) in [6, 6.07) is 5.47. The van der Waals surface area contributed by atoms with Gasteiger partial charge in [0.25, 0.3) is 0 Å². The van der Waals surface area contributed by atoms with E-state index in [1.165, 1.54) is 0 Å². The first-order valence-corrected chi connectivity index (χ1v) is 6.85. The predicted molar refractivity (Wildman–Crippen MR) is 80.0 cm³/mol. The summed E-state index contributed by atoms with van der Waals surface area (Å²) in [6.07, 6.45) is 3.49. The van der Waals surface area contributed by atoms with Crippen LogP contribution >= 0.6 is 0 Å². The summed E-state index contributed by atoms with van der Waals surface area (Å²) in [5, 5.41) is 9.43. The molecule has 0 aromatic heterocycles. The SMILES string of the molecule is CC(C)(C)C1=CCN(Cc2ccc(O)c(N)c2)CC1. The van der Waals surface area contributed by atoms with Crippen molar-refractivity contribution in [1.29, 1.82) is 0 Å². The normalized spacial score (nSPS) is 17.3. The van der Waals surface area contributed by atoms with Gasteiger partial charge in [0.2, 0.25) is 0 Å². The molecule has 0 saturated heterocycles. The monoisotopic (exact) mass is 260 g/mol. The predicted octanol–water partition coefficient (Wildman–Crippen LogP) is 3.15. The minimum atomic E-state index is 0.164. The highest BCUT2D eigenvalue weighted by Gasteiger charge is 2.21. The largest absolute Gasteiger partial charge is 0.506 e. The molecule has 0 aliphatic carbocycles. The van der Waals surface area contributed by atoms with E-state index in [1.54, 1.807) is 11.6 Å². The smallest absolute Gasteiger partial charge is 0.138 e. The van der Waals surface area contributed by atoms with Gasteiger partial charge in [-0.05, 0) is 29.5 Å². The minimum absolute atomic E-state index is 0.164. The molecule has 0 radical (unpaired) electrons. The van der Waals surface area contributed by atoms with Crippen LogP contribution in [-0.2, 0) is 6.54 Å². The maximum absolute atomic E-state index is 9.43. The van der Waals surface area contributed by atoms with E-state index in [1.807, 2.05) is 12.1 Å². The Morgan fingerprint density at radius 1 is 1.32 bits per heavy atom. The molecular weight excluding hydrogens is 236 g/mol. The fraction of sp³-hybridized carbons (Fsp3) is 0.500. The number of anilines is 1. The first-order chi connectivity index (χ1) is 8.86. The molecule has 1 aromatic rings. The van der Waals surface area contributed by atoms with E-state index in [-0.39, 0.29) is 11.2 Å². The summed E-state index contributed by atoms with van der Waals surface area (Å²) in [6.45, 7) is 9.79. The fourth-order valence-corrected chi connectivity index (χ4v) is 2.50. The van der Waals surface area contributed by atoms with Gasteiger partial charge in [-0.15, -0.1) is 0 Å². The topological polar surface area (TPSA) is 49.5 Å². The number of hydrogen-bond acceptors (Lipinski definition) is 3. The highest BCUT2D eigenvalue weighted by Crippen LogP contribution is 2.30. The third-order valence-electron chi connectivity index (χ3n) is 3.75. The molecule has 0 bridgehead atoms. The molecule has 0 saturated carbocycles. The van der Waals surface area contributed by atoms with E-state index < -0.39 is 0 Å². The zero-order valence-corrected chi connectivity index (χ0v) is 12.1. The van der Waals surface area contributed by atoms with E-state index in [4.69, 9.17) is 5.73 Å². The van der Waals surface area contributed by atoms with Crippen molar-refractivity contribution < 1.29 is 5.11 Å². The molecule has 1 aliphatic heterocycles. The van der Waals surface area contributed by atoms with Crippen LogP contribution in [0.4, 0.5) is 5.69 Å². The highest BCUT2D eigenvalue weighted by molar-refractivity contribution is 5.53. The molecule has 104 valence electrons. The van der Waals surface area contributed by atoms with Crippen molar-refractivity contribution in [2.24, 2.45) is 5.41 Å². The lowest BCUT2D eigenvalue weighted by molar-refractivity contribution is 0.271. The molecule has 0 amide bonds. The quantitative estimate of drug-likeness (QED) is 0.488. The Morgan fingerprint density at radius 2 is 2.05 bits per heavy atom. The van der Waals surface area contributed by atoms with Gasteiger partial charge < -0.3 is 10.8 Å². The summed E-state index contributed by atoms with van der Waals surface area (Å²) < 4.78 is 0. The lowest BCUT2D eigenvalue weighted by atomic mass is 9.83. The van der Waals surface area contributed by atoms with Crippen molar-refractivity contribution in [1.82, 2.24) is 4.90 Å². The second-order valence-corrected chi connectivity index (χ2v) is 6.36. The zero-order valence-electron chi connectivity index (χ0n) is 12.1. The van der Waals surface area contributed by atoms with Crippen molar-refractivity contribution in [3.63, 3.8) is 0 Å². The molecule has 1 aliphatic rings. The van der Waals surface area contributed by atoms with Gasteiger partial charge in [0.15, 0.2) is 0 Å². The van der Waals surface area contributed by atoms with Gasteiger partial charge in [0.05, 0.1) is 5.69 Å². The van der Waals surface area contributed by atoms with Crippen molar-refractivity contribution in [2.75, 3.05) is 18.8 Å². The Kier molecular flexibility index (Phi) is 3.85. The third-order valence-corrected chi connectivity index (χ3v) is 3.75. The first kappa shape index (κ1) is 13.9. The van der Waals surface area contributed by atoms with E-state index in [2.05, 4.69) is 31.7 Å². The van der Waals surface area contributed by atoms with E-state index in [9.17, 15) is 5.11 Å².